The number of methoxy groups -OCH3 is 1. The van der Waals surface area contributed by atoms with Crippen molar-refractivity contribution in [1.29, 1.82) is 0 Å². The number of nitrogens with zero attached hydrogens (tertiary/aromatic N) is 2. The molecule has 1 aromatic heterocycles. The molecule has 1 atom stereocenters. The monoisotopic (exact) mass is 415 g/mol. The van der Waals surface area contributed by atoms with E-state index in [1.807, 2.05) is 22.9 Å². The first-order valence-electron chi connectivity index (χ1n) is 7.27. The summed E-state index contributed by atoms with van der Waals surface area (Å²) in [5.41, 5.74) is 1.34. The quantitative estimate of drug-likeness (QED) is 0.616. The number of halogens is 1. The fraction of sp³-hybridized carbons (Fsp3) is 0.467. The van der Waals surface area contributed by atoms with Crippen molar-refractivity contribution < 1.29 is 14.3 Å². The Labute approximate surface area is 142 Å². The molecule has 0 aliphatic carbocycles. The summed E-state index contributed by atoms with van der Waals surface area (Å²) in [4.78, 5) is 12.3. The maximum absolute atomic E-state index is 12.3. The molecular weight excluding hydrogens is 397 g/mol. The lowest BCUT2D eigenvalue weighted by Crippen LogP contribution is -2.26. The Hall–Kier alpha value is -1.19. The van der Waals surface area contributed by atoms with Crippen LogP contribution in [0.2, 0.25) is 0 Å². The van der Waals surface area contributed by atoms with E-state index >= 15 is 0 Å². The molecule has 1 unspecified atom stereocenters. The molecule has 2 heterocycles. The minimum absolute atomic E-state index is 0.0970. The molecule has 0 bridgehead atoms. The van der Waals surface area contributed by atoms with E-state index < -0.39 is 0 Å². The van der Waals surface area contributed by atoms with Gasteiger partial charge in [0, 0.05) is 22.7 Å². The van der Waals surface area contributed by atoms with Gasteiger partial charge in [-0.1, -0.05) is 0 Å². The summed E-state index contributed by atoms with van der Waals surface area (Å²) in [6.07, 6.45) is 3.01. The van der Waals surface area contributed by atoms with E-state index in [0.717, 1.165) is 40.3 Å². The van der Waals surface area contributed by atoms with Gasteiger partial charge in [0.15, 0.2) is 11.9 Å². The highest BCUT2D eigenvalue weighted by molar-refractivity contribution is 14.1. The third kappa shape index (κ3) is 3.11. The van der Waals surface area contributed by atoms with Gasteiger partial charge in [-0.3, -0.25) is 4.79 Å². The molecule has 0 spiro atoms. The highest BCUT2D eigenvalue weighted by atomic mass is 127. The third-order valence-electron chi connectivity index (χ3n) is 3.69. The predicted molar refractivity (Wildman–Crippen MR) is 90.6 cm³/mol. The Morgan fingerprint density at radius 1 is 1.55 bits per heavy atom. The first kappa shape index (κ1) is 15.7. The number of fused-ring (bicyclic) bond motifs is 1. The number of carbonyl (C=O) groups is 1. The van der Waals surface area contributed by atoms with Crippen molar-refractivity contribution in [1.82, 2.24) is 15.1 Å². The molecule has 0 saturated carbocycles. The minimum Gasteiger partial charge on any atom is -0.364 e. The maximum Gasteiger partial charge on any atom is 0.274 e. The second-order valence-corrected chi connectivity index (χ2v) is 6.46. The molecule has 1 fully saturated rings. The Kier molecular flexibility index (Phi) is 4.94. The fourth-order valence-electron chi connectivity index (χ4n) is 2.64. The van der Waals surface area contributed by atoms with Gasteiger partial charge in [0.05, 0.1) is 5.52 Å². The summed E-state index contributed by atoms with van der Waals surface area (Å²) in [7, 11) is 1.54. The van der Waals surface area contributed by atoms with Crippen molar-refractivity contribution in [3.05, 3.63) is 27.5 Å². The lowest BCUT2D eigenvalue weighted by atomic mass is 10.1. The predicted octanol–water partition coefficient (Wildman–Crippen LogP) is 2.67. The molecule has 1 aliphatic heterocycles. The summed E-state index contributed by atoms with van der Waals surface area (Å²) in [6, 6.07) is 5.99. The van der Waals surface area contributed by atoms with Gasteiger partial charge >= 0.3 is 0 Å². The second-order valence-electron chi connectivity index (χ2n) is 5.21. The van der Waals surface area contributed by atoms with Gasteiger partial charge in [0.2, 0.25) is 0 Å². The Morgan fingerprint density at radius 3 is 3.14 bits per heavy atom. The molecule has 118 valence electrons. The van der Waals surface area contributed by atoms with Crippen molar-refractivity contribution in [2.24, 2.45) is 0 Å². The smallest absolute Gasteiger partial charge is 0.274 e. The summed E-state index contributed by atoms with van der Waals surface area (Å²) in [5, 5.41) is 8.07. The number of nitrogens with one attached hydrogen (secondary N) is 1. The van der Waals surface area contributed by atoms with Crippen LogP contribution >= 0.6 is 22.6 Å². The molecule has 1 saturated heterocycles. The average molecular weight is 415 g/mol. The molecule has 1 aromatic carbocycles. The van der Waals surface area contributed by atoms with Crippen LogP contribution in [0.25, 0.3) is 10.9 Å². The number of carbonyl (C=O) groups excluding carboxylic acids is 1. The number of amides is 1. The lowest BCUT2D eigenvalue weighted by Gasteiger charge is -2.23. The lowest BCUT2D eigenvalue weighted by molar-refractivity contribution is -0.0368. The number of benzene rings is 1. The highest BCUT2D eigenvalue weighted by Gasteiger charge is 2.23. The summed E-state index contributed by atoms with van der Waals surface area (Å²) < 4.78 is 13.6. The molecule has 6 nitrogen and oxygen atoms in total. The largest absolute Gasteiger partial charge is 0.364 e. The second kappa shape index (κ2) is 6.93. The normalized spacial score (nSPS) is 18.5. The molecule has 22 heavy (non-hydrogen) atoms. The van der Waals surface area contributed by atoms with Crippen molar-refractivity contribution in [2.45, 2.75) is 25.5 Å². The zero-order chi connectivity index (χ0) is 15.5. The number of ether oxygens (including phenoxy) is 2. The third-order valence-corrected chi connectivity index (χ3v) is 4.36. The molecule has 1 amide bonds. The van der Waals surface area contributed by atoms with Gasteiger partial charge < -0.3 is 14.8 Å². The Morgan fingerprint density at radius 2 is 2.41 bits per heavy atom. The van der Waals surface area contributed by atoms with Crippen molar-refractivity contribution in [3.8, 4) is 0 Å². The van der Waals surface area contributed by atoms with Gasteiger partial charge in [-0.25, -0.2) is 4.68 Å². The average Bonchev–Trinajstić information content (AvgIpc) is 2.92. The van der Waals surface area contributed by atoms with Crippen LogP contribution in [0.4, 0.5) is 0 Å². The van der Waals surface area contributed by atoms with Crippen LogP contribution in [0.3, 0.4) is 0 Å². The number of aromatic nitrogens is 2. The van der Waals surface area contributed by atoms with E-state index in [9.17, 15) is 4.79 Å². The van der Waals surface area contributed by atoms with E-state index in [2.05, 4.69) is 33.0 Å². The maximum atomic E-state index is 12.3. The number of hydrogen-bond acceptors (Lipinski definition) is 4. The molecular formula is C15H18IN3O3. The van der Waals surface area contributed by atoms with E-state index in [4.69, 9.17) is 9.47 Å². The molecule has 3 rings (SSSR count). The first-order chi connectivity index (χ1) is 10.7. The Bertz CT molecular complexity index is 680. The van der Waals surface area contributed by atoms with E-state index in [-0.39, 0.29) is 18.9 Å². The summed E-state index contributed by atoms with van der Waals surface area (Å²) in [6.45, 7) is 0.901. The van der Waals surface area contributed by atoms with E-state index in [1.54, 1.807) is 0 Å². The van der Waals surface area contributed by atoms with Gasteiger partial charge in [-0.2, -0.15) is 5.10 Å². The van der Waals surface area contributed by atoms with Crippen LogP contribution in [0, 0.1) is 3.57 Å². The van der Waals surface area contributed by atoms with E-state index in [0.29, 0.717) is 5.69 Å². The molecule has 2 aromatic rings. The zero-order valence-electron chi connectivity index (χ0n) is 12.3. The van der Waals surface area contributed by atoms with Gasteiger partial charge in [0.25, 0.3) is 5.91 Å². The molecule has 0 radical (unpaired) electrons. The van der Waals surface area contributed by atoms with Crippen LogP contribution in [0.15, 0.2) is 18.2 Å². The van der Waals surface area contributed by atoms with Crippen LogP contribution < -0.4 is 5.32 Å². The van der Waals surface area contributed by atoms with Crippen LogP contribution in [-0.4, -0.2) is 36.1 Å². The van der Waals surface area contributed by atoms with Crippen molar-refractivity contribution >= 4 is 39.4 Å². The Balaban J connectivity index is 2.03. The minimum atomic E-state index is -0.233. The van der Waals surface area contributed by atoms with Crippen molar-refractivity contribution in [2.75, 3.05) is 20.4 Å². The molecule has 7 heteroatoms. The standard InChI is InChI=1S/C15H18IN3O3/c1-21-9-17-15(20)14-11-8-10(16)5-6-12(11)19(18-14)13-4-2-3-7-22-13/h5-6,8,13H,2-4,7,9H2,1H3,(H,17,20). The van der Waals surface area contributed by atoms with Crippen LogP contribution in [-0.2, 0) is 9.47 Å². The fourth-order valence-corrected chi connectivity index (χ4v) is 3.13. The van der Waals surface area contributed by atoms with Gasteiger partial charge in [-0.15, -0.1) is 0 Å². The molecule has 1 N–H and O–H groups in total. The SMILES string of the molecule is COCNC(=O)c1nn(C2CCCCO2)c2ccc(I)cc12. The summed E-state index contributed by atoms with van der Waals surface area (Å²) >= 11 is 2.24. The van der Waals surface area contributed by atoms with Gasteiger partial charge in [0.1, 0.15) is 6.73 Å². The zero-order valence-corrected chi connectivity index (χ0v) is 14.5. The van der Waals surface area contributed by atoms with Crippen LogP contribution in [0.1, 0.15) is 36.0 Å². The molecule has 1 aliphatic rings. The first-order valence-corrected chi connectivity index (χ1v) is 8.35. The number of hydrogen-bond donors (Lipinski definition) is 1. The van der Waals surface area contributed by atoms with Crippen molar-refractivity contribution in [3.63, 3.8) is 0 Å². The van der Waals surface area contributed by atoms with E-state index in [1.165, 1.54) is 7.11 Å². The number of rotatable bonds is 4. The highest BCUT2D eigenvalue weighted by Crippen LogP contribution is 2.29. The van der Waals surface area contributed by atoms with Crippen LogP contribution in [0.5, 0.6) is 0 Å². The van der Waals surface area contributed by atoms with Gasteiger partial charge in [-0.05, 0) is 60.1 Å². The summed E-state index contributed by atoms with van der Waals surface area (Å²) in [5.74, 6) is -0.233. The topological polar surface area (TPSA) is 65.4 Å².